The SMILES string of the molecule is CC1CCCN(c2ncnc(-n3nnc4ccccc43)c2[N+](=O)[O-])C1. The molecule has 1 atom stereocenters. The summed E-state index contributed by atoms with van der Waals surface area (Å²) >= 11 is 0. The molecule has 3 aromatic rings. The van der Waals surface area contributed by atoms with E-state index in [1.54, 1.807) is 6.07 Å². The van der Waals surface area contributed by atoms with Crippen molar-refractivity contribution in [3.05, 3.63) is 40.7 Å². The van der Waals surface area contributed by atoms with E-state index in [1.165, 1.54) is 11.0 Å². The number of fused-ring (bicyclic) bond motifs is 1. The van der Waals surface area contributed by atoms with Crippen LogP contribution in [0.15, 0.2) is 30.6 Å². The van der Waals surface area contributed by atoms with Crippen LogP contribution in [0.1, 0.15) is 19.8 Å². The molecule has 3 heterocycles. The molecule has 0 amide bonds. The Morgan fingerprint density at radius 1 is 1.24 bits per heavy atom. The van der Waals surface area contributed by atoms with Gasteiger partial charge in [-0.2, -0.15) is 4.68 Å². The molecule has 1 aliphatic heterocycles. The van der Waals surface area contributed by atoms with Gasteiger partial charge >= 0.3 is 5.69 Å². The average Bonchev–Trinajstić information content (AvgIpc) is 3.05. The van der Waals surface area contributed by atoms with Gasteiger partial charge in [0.2, 0.25) is 11.6 Å². The van der Waals surface area contributed by atoms with E-state index in [4.69, 9.17) is 0 Å². The molecule has 9 nitrogen and oxygen atoms in total. The minimum Gasteiger partial charge on any atom is -0.350 e. The number of para-hydroxylation sites is 1. The van der Waals surface area contributed by atoms with Gasteiger partial charge in [-0.05, 0) is 30.9 Å². The van der Waals surface area contributed by atoms with Gasteiger partial charge in [-0.25, -0.2) is 9.97 Å². The molecule has 9 heteroatoms. The number of nitrogens with zero attached hydrogens (tertiary/aromatic N) is 7. The first-order valence-corrected chi connectivity index (χ1v) is 8.20. The fraction of sp³-hybridized carbons (Fsp3) is 0.375. The summed E-state index contributed by atoms with van der Waals surface area (Å²) in [7, 11) is 0. The summed E-state index contributed by atoms with van der Waals surface area (Å²) < 4.78 is 1.41. The molecule has 0 bridgehead atoms. The van der Waals surface area contributed by atoms with Crippen LogP contribution in [0.4, 0.5) is 11.5 Å². The van der Waals surface area contributed by atoms with Crippen molar-refractivity contribution in [2.45, 2.75) is 19.8 Å². The van der Waals surface area contributed by atoms with Crippen molar-refractivity contribution in [3.63, 3.8) is 0 Å². The van der Waals surface area contributed by atoms with Crippen molar-refractivity contribution in [1.29, 1.82) is 0 Å². The molecule has 128 valence electrons. The van der Waals surface area contributed by atoms with Crippen molar-refractivity contribution in [2.24, 2.45) is 5.92 Å². The molecular weight excluding hydrogens is 322 g/mol. The Hall–Kier alpha value is -3.10. The Morgan fingerprint density at radius 3 is 2.84 bits per heavy atom. The molecular formula is C16H17N7O2. The second-order valence-electron chi connectivity index (χ2n) is 6.31. The van der Waals surface area contributed by atoms with Gasteiger partial charge in [-0.15, -0.1) is 5.10 Å². The molecule has 1 unspecified atom stereocenters. The Kier molecular flexibility index (Phi) is 3.75. The first kappa shape index (κ1) is 15.4. The molecule has 2 aromatic heterocycles. The second-order valence-corrected chi connectivity index (χ2v) is 6.31. The standard InChI is InChI=1S/C16H17N7O2/c1-11-5-4-8-21(9-11)15-14(23(24)25)16(18-10-17-15)22-13-7-3-2-6-12(13)19-20-22/h2-3,6-7,10-11H,4-5,8-9H2,1H3. The third-order valence-electron chi connectivity index (χ3n) is 4.48. The zero-order valence-electron chi connectivity index (χ0n) is 13.7. The van der Waals surface area contributed by atoms with Gasteiger partial charge in [0, 0.05) is 13.1 Å². The molecule has 4 rings (SSSR count). The van der Waals surface area contributed by atoms with E-state index in [2.05, 4.69) is 27.2 Å². The highest BCUT2D eigenvalue weighted by Crippen LogP contribution is 2.33. The fourth-order valence-corrected chi connectivity index (χ4v) is 3.32. The predicted molar refractivity (Wildman–Crippen MR) is 91.7 cm³/mol. The number of piperidine rings is 1. The third kappa shape index (κ3) is 2.67. The summed E-state index contributed by atoms with van der Waals surface area (Å²) in [5, 5.41) is 20.0. The lowest BCUT2D eigenvalue weighted by Gasteiger charge is -2.31. The lowest BCUT2D eigenvalue weighted by Crippen LogP contribution is -2.35. The number of aromatic nitrogens is 5. The van der Waals surface area contributed by atoms with E-state index >= 15 is 0 Å². The number of hydrogen-bond donors (Lipinski definition) is 0. The molecule has 0 radical (unpaired) electrons. The van der Waals surface area contributed by atoms with Gasteiger partial charge in [0.05, 0.1) is 10.4 Å². The van der Waals surface area contributed by atoms with Crippen molar-refractivity contribution in [1.82, 2.24) is 25.0 Å². The van der Waals surface area contributed by atoms with E-state index in [0.29, 0.717) is 22.8 Å². The molecule has 0 aliphatic carbocycles. The molecule has 0 N–H and O–H groups in total. The lowest BCUT2D eigenvalue weighted by atomic mass is 10.0. The first-order chi connectivity index (χ1) is 12.1. The van der Waals surface area contributed by atoms with Gasteiger partial charge in [-0.3, -0.25) is 10.1 Å². The highest BCUT2D eigenvalue weighted by molar-refractivity contribution is 5.77. The second kappa shape index (κ2) is 6.08. The van der Waals surface area contributed by atoms with Gasteiger partial charge in [0.1, 0.15) is 11.8 Å². The summed E-state index contributed by atoms with van der Waals surface area (Å²) in [6.45, 7) is 3.64. The highest BCUT2D eigenvalue weighted by Gasteiger charge is 2.31. The van der Waals surface area contributed by atoms with Gasteiger partial charge in [-0.1, -0.05) is 24.3 Å². The van der Waals surface area contributed by atoms with Crippen LogP contribution < -0.4 is 4.90 Å². The van der Waals surface area contributed by atoms with Crippen LogP contribution in [0.3, 0.4) is 0 Å². The van der Waals surface area contributed by atoms with Crippen LogP contribution >= 0.6 is 0 Å². The average molecular weight is 339 g/mol. The van der Waals surface area contributed by atoms with E-state index in [0.717, 1.165) is 25.9 Å². The Morgan fingerprint density at radius 2 is 2.04 bits per heavy atom. The van der Waals surface area contributed by atoms with Crippen LogP contribution in [0.25, 0.3) is 16.9 Å². The maximum Gasteiger partial charge on any atom is 0.355 e. The minimum absolute atomic E-state index is 0.132. The molecule has 1 aliphatic rings. The van der Waals surface area contributed by atoms with Crippen LogP contribution in [-0.4, -0.2) is 43.0 Å². The molecule has 0 spiro atoms. The number of rotatable bonds is 3. The smallest absolute Gasteiger partial charge is 0.350 e. The van der Waals surface area contributed by atoms with Crippen LogP contribution in [0.2, 0.25) is 0 Å². The summed E-state index contributed by atoms with van der Waals surface area (Å²) in [4.78, 5) is 21.7. The normalized spacial score (nSPS) is 17.8. The summed E-state index contributed by atoms with van der Waals surface area (Å²) in [5.41, 5.74) is 1.19. The van der Waals surface area contributed by atoms with E-state index in [9.17, 15) is 10.1 Å². The summed E-state index contributed by atoms with van der Waals surface area (Å²) in [5.74, 6) is 0.960. The number of anilines is 1. The van der Waals surface area contributed by atoms with Crippen molar-refractivity contribution in [3.8, 4) is 5.82 Å². The molecule has 1 fully saturated rings. The van der Waals surface area contributed by atoms with Gasteiger partial charge in [0.15, 0.2) is 0 Å². The van der Waals surface area contributed by atoms with Gasteiger partial charge in [0.25, 0.3) is 0 Å². The number of hydrogen-bond acceptors (Lipinski definition) is 7. The topological polar surface area (TPSA) is 103 Å². The summed E-state index contributed by atoms with van der Waals surface area (Å²) in [6.07, 6.45) is 3.47. The number of benzene rings is 1. The summed E-state index contributed by atoms with van der Waals surface area (Å²) in [6, 6.07) is 7.29. The van der Waals surface area contributed by atoms with Crippen LogP contribution in [-0.2, 0) is 0 Å². The van der Waals surface area contributed by atoms with Crippen molar-refractivity contribution < 1.29 is 4.92 Å². The van der Waals surface area contributed by atoms with Gasteiger partial charge < -0.3 is 4.90 Å². The first-order valence-electron chi connectivity index (χ1n) is 8.20. The number of nitro groups is 1. The Balaban J connectivity index is 1.88. The highest BCUT2D eigenvalue weighted by atomic mass is 16.6. The van der Waals surface area contributed by atoms with E-state index in [-0.39, 0.29) is 11.5 Å². The zero-order valence-corrected chi connectivity index (χ0v) is 13.7. The van der Waals surface area contributed by atoms with Crippen LogP contribution in [0.5, 0.6) is 0 Å². The Labute approximate surface area is 143 Å². The fourth-order valence-electron chi connectivity index (χ4n) is 3.32. The zero-order chi connectivity index (χ0) is 17.4. The molecule has 0 saturated carbocycles. The molecule has 25 heavy (non-hydrogen) atoms. The third-order valence-corrected chi connectivity index (χ3v) is 4.48. The molecule has 1 aromatic carbocycles. The Bertz CT molecular complexity index is 939. The van der Waals surface area contributed by atoms with Crippen LogP contribution in [0, 0.1) is 16.0 Å². The maximum atomic E-state index is 11.8. The molecule has 1 saturated heterocycles. The quantitative estimate of drug-likeness (QED) is 0.533. The minimum atomic E-state index is -0.430. The van der Waals surface area contributed by atoms with Crippen molar-refractivity contribution >= 4 is 22.5 Å². The lowest BCUT2D eigenvalue weighted by molar-refractivity contribution is -0.384. The van der Waals surface area contributed by atoms with E-state index in [1.807, 2.05) is 23.1 Å². The largest absolute Gasteiger partial charge is 0.355 e. The van der Waals surface area contributed by atoms with E-state index < -0.39 is 4.92 Å². The van der Waals surface area contributed by atoms with Crippen molar-refractivity contribution in [2.75, 3.05) is 18.0 Å². The monoisotopic (exact) mass is 339 g/mol. The maximum absolute atomic E-state index is 11.8. The predicted octanol–water partition coefficient (Wildman–Crippen LogP) is 2.36.